The molecular weight excluding hydrogens is 540 g/mol. The van der Waals surface area contributed by atoms with Gasteiger partial charge in [-0.15, -0.1) is 0 Å². The van der Waals surface area contributed by atoms with E-state index < -0.39 is 5.54 Å². The SMILES string of the molecule is Cc1ccc(O[C@@H]([SiH3])[C@@H]2CCN2)cc1C(=O)NC1(c2cc(-c3cnc(N4CCCCC4)nc3)cc3ncccc23)CC1. The van der Waals surface area contributed by atoms with E-state index in [1.807, 2.05) is 49.8 Å². The van der Waals surface area contributed by atoms with E-state index in [9.17, 15) is 4.79 Å². The minimum absolute atomic E-state index is 0.0706. The number of piperidine rings is 1. The van der Waals surface area contributed by atoms with Crippen LogP contribution in [0.2, 0.25) is 0 Å². The number of nitrogens with one attached hydrogen (secondary N) is 2. The van der Waals surface area contributed by atoms with Crippen molar-refractivity contribution in [2.45, 2.75) is 62.8 Å². The van der Waals surface area contributed by atoms with Crippen LogP contribution in [0.1, 0.15) is 60.0 Å². The largest absolute Gasteiger partial charge is 0.494 e. The van der Waals surface area contributed by atoms with Gasteiger partial charge < -0.3 is 20.3 Å². The molecule has 2 aliphatic heterocycles. The Hall–Kier alpha value is -3.82. The summed E-state index contributed by atoms with van der Waals surface area (Å²) in [4.78, 5) is 30.2. The monoisotopic (exact) mass is 578 g/mol. The van der Waals surface area contributed by atoms with E-state index in [-0.39, 0.29) is 11.6 Å². The molecule has 4 heterocycles. The van der Waals surface area contributed by atoms with Gasteiger partial charge in [0.2, 0.25) is 5.95 Å². The van der Waals surface area contributed by atoms with Gasteiger partial charge in [0, 0.05) is 54.2 Å². The molecule has 42 heavy (non-hydrogen) atoms. The van der Waals surface area contributed by atoms with Crippen molar-refractivity contribution < 1.29 is 9.53 Å². The number of hydrogen-bond acceptors (Lipinski definition) is 7. The molecule has 1 saturated carbocycles. The zero-order chi connectivity index (χ0) is 28.7. The summed E-state index contributed by atoms with van der Waals surface area (Å²) in [6.45, 7) is 5.06. The van der Waals surface area contributed by atoms with E-state index in [0.29, 0.717) is 11.6 Å². The van der Waals surface area contributed by atoms with Gasteiger partial charge in [-0.1, -0.05) is 12.1 Å². The average Bonchev–Trinajstić information content (AvgIpc) is 3.77. The van der Waals surface area contributed by atoms with Crippen molar-refractivity contribution in [2.24, 2.45) is 0 Å². The number of carbonyl (C=O) groups excluding carboxylic acids is 1. The van der Waals surface area contributed by atoms with E-state index in [1.165, 1.54) is 19.3 Å². The van der Waals surface area contributed by atoms with Crippen molar-refractivity contribution >= 4 is 33.0 Å². The predicted octanol–water partition coefficient (Wildman–Crippen LogP) is 3.84. The Balaban J connectivity index is 1.17. The first-order chi connectivity index (χ1) is 20.5. The second-order valence-corrected chi connectivity index (χ2v) is 13.2. The molecule has 3 fully saturated rings. The van der Waals surface area contributed by atoms with Gasteiger partial charge in [-0.05, 0) is 99.0 Å². The molecule has 2 aromatic carbocycles. The lowest BCUT2D eigenvalue weighted by atomic mass is 9.94. The van der Waals surface area contributed by atoms with Crippen LogP contribution in [-0.2, 0) is 5.54 Å². The minimum atomic E-state index is -0.442. The maximum atomic E-state index is 13.8. The van der Waals surface area contributed by atoms with Crippen LogP contribution < -0.4 is 20.3 Å². The van der Waals surface area contributed by atoms with Gasteiger partial charge in [0.15, 0.2) is 0 Å². The molecule has 0 bridgehead atoms. The van der Waals surface area contributed by atoms with E-state index in [0.717, 1.165) is 94.0 Å². The zero-order valence-electron chi connectivity index (χ0n) is 24.4. The van der Waals surface area contributed by atoms with Crippen molar-refractivity contribution in [1.82, 2.24) is 25.6 Å². The highest BCUT2D eigenvalue weighted by atomic mass is 28.1. The molecule has 1 aliphatic carbocycles. The molecule has 2 saturated heterocycles. The Bertz CT molecular complexity index is 1610. The van der Waals surface area contributed by atoms with Crippen LogP contribution in [0.4, 0.5) is 5.95 Å². The highest BCUT2D eigenvalue weighted by molar-refractivity contribution is 6.11. The van der Waals surface area contributed by atoms with Gasteiger partial charge in [-0.2, -0.15) is 0 Å². The van der Waals surface area contributed by atoms with Crippen LogP contribution in [0.15, 0.2) is 61.1 Å². The number of carbonyl (C=O) groups is 1. The van der Waals surface area contributed by atoms with Crippen molar-refractivity contribution in [3.05, 3.63) is 77.7 Å². The van der Waals surface area contributed by atoms with Crippen molar-refractivity contribution in [3.8, 4) is 16.9 Å². The summed E-state index contributed by atoms with van der Waals surface area (Å²) in [5.74, 6) is 1.48. The first-order valence-electron chi connectivity index (χ1n) is 15.3. The Morgan fingerprint density at radius 1 is 1.07 bits per heavy atom. The third-order valence-electron chi connectivity index (χ3n) is 9.15. The van der Waals surface area contributed by atoms with Gasteiger partial charge in [-0.3, -0.25) is 9.78 Å². The van der Waals surface area contributed by atoms with E-state index in [1.54, 1.807) is 0 Å². The van der Waals surface area contributed by atoms with Crippen LogP contribution >= 0.6 is 0 Å². The van der Waals surface area contributed by atoms with Crippen molar-refractivity contribution in [2.75, 3.05) is 24.5 Å². The highest BCUT2D eigenvalue weighted by Gasteiger charge is 2.47. The second kappa shape index (κ2) is 11.1. The lowest BCUT2D eigenvalue weighted by Crippen LogP contribution is -2.53. The van der Waals surface area contributed by atoms with Crippen molar-refractivity contribution in [3.63, 3.8) is 0 Å². The molecule has 2 atom stereocenters. The van der Waals surface area contributed by atoms with Crippen LogP contribution in [0, 0.1) is 6.92 Å². The fourth-order valence-electron chi connectivity index (χ4n) is 6.27. The van der Waals surface area contributed by atoms with E-state index in [4.69, 9.17) is 19.7 Å². The van der Waals surface area contributed by atoms with Crippen molar-refractivity contribution in [1.29, 1.82) is 0 Å². The van der Waals surface area contributed by atoms with Gasteiger partial charge in [0.1, 0.15) is 5.75 Å². The third-order valence-corrected chi connectivity index (χ3v) is 10.2. The second-order valence-electron chi connectivity index (χ2n) is 12.1. The quantitative estimate of drug-likeness (QED) is 0.307. The Labute approximate surface area is 249 Å². The molecular formula is C33H38N6O2Si. The number of hydrogen-bond donors (Lipinski definition) is 2. The predicted molar refractivity (Wildman–Crippen MR) is 169 cm³/mol. The molecule has 0 spiro atoms. The Morgan fingerprint density at radius 3 is 2.57 bits per heavy atom. The summed E-state index contributed by atoms with van der Waals surface area (Å²) >= 11 is 0. The molecule has 2 aromatic heterocycles. The van der Waals surface area contributed by atoms with Crippen LogP contribution in [0.3, 0.4) is 0 Å². The smallest absolute Gasteiger partial charge is 0.252 e. The lowest BCUT2D eigenvalue weighted by Gasteiger charge is -2.33. The van der Waals surface area contributed by atoms with Gasteiger partial charge in [-0.25, -0.2) is 9.97 Å². The minimum Gasteiger partial charge on any atom is -0.494 e. The highest BCUT2D eigenvalue weighted by Crippen LogP contribution is 2.49. The Kier molecular flexibility index (Phi) is 7.15. The number of nitrogens with zero attached hydrogens (tertiary/aromatic N) is 4. The number of amides is 1. The van der Waals surface area contributed by atoms with Gasteiger partial charge in [0.05, 0.1) is 27.0 Å². The number of ether oxygens (including phenoxy) is 1. The number of pyridine rings is 1. The van der Waals surface area contributed by atoms with E-state index in [2.05, 4.69) is 33.7 Å². The molecule has 2 N–H and O–H groups in total. The molecule has 1 amide bonds. The number of aromatic nitrogens is 3. The van der Waals surface area contributed by atoms with E-state index >= 15 is 0 Å². The normalized spacial score (nSPS) is 20.1. The number of anilines is 1. The third kappa shape index (κ3) is 5.27. The standard InChI is InChI=1S/C33H38N6O2Si/c1-21-7-8-24(41-31(42)28-9-13-35-28)18-26(21)30(40)38-33(10-11-33)27-16-22(17-29-25(27)6-5-12-34-29)23-19-36-32(37-20-23)39-14-3-2-4-15-39/h5-8,12,16-20,28,31,35H,2-4,9-11,13-15H2,1,42H3,(H,38,40)/t28-,31-/m0/s1. The molecule has 0 radical (unpaired) electrons. The fourth-order valence-corrected chi connectivity index (χ4v) is 7.11. The summed E-state index contributed by atoms with van der Waals surface area (Å²) in [5.41, 5.74) is 5.30. The number of rotatable bonds is 8. The first-order valence-corrected chi connectivity index (χ1v) is 16.4. The lowest BCUT2D eigenvalue weighted by molar-refractivity contribution is 0.0929. The summed E-state index contributed by atoms with van der Waals surface area (Å²) in [5, 5.41) is 7.92. The first kappa shape index (κ1) is 27.0. The van der Waals surface area contributed by atoms with Crippen LogP contribution in [0.25, 0.3) is 22.0 Å². The van der Waals surface area contributed by atoms with Gasteiger partial charge >= 0.3 is 0 Å². The zero-order valence-corrected chi connectivity index (χ0v) is 26.4. The summed E-state index contributed by atoms with van der Waals surface area (Å²) in [7, 11) is 0.926. The fraction of sp³-hybridized carbons (Fsp3) is 0.394. The average molecular weight is 579 g/mol. The molecule has 8 nitrogen and oxygen atoms in total. The summed E-state index contributed by atoms with van der Waals surface area (Å²) in [6, 6.07) is 14.6. The van der Waals surface area contributed by atoms with Crippen LogP contribution in [-0.4, -0.2) is 62.5 Å². The maximum absolute atomic E-state index is 13.8. The molecule has 0 unspecified atom stereocenters. The Morgan fingerprint density at radius 2 is 1.86 bits per heavy atom. The molecule has 7 rings (SSSR count). The number of fused-ring (bicyclic) bond motifs is 1. The maximum Gasteiger partial charge on any atom is 0.252 e. The molecule has 4 aromatic rings. The molecule has 3 aliphatic rings. The molecule has 216 valence electrons. The number of aryl methyl sites for hydroxylation is 1. The molecule has 9 heteroatoms. The summed E-state index contributed by atoms with van der Waals surface area (Å²) < 4.78 is 6.26. The summed E-state index contributed by atoms with van der Waals surface area (Å²) in [6.07, 6.45) is 12.2. The van der Waals surface area contributed by atoms with Gasteiger partial charge in [0.25, 0.3) is 5.91 Å². The van der Waals surface area contributed by atoms with Crippen LogP contribution in [0.5, 0.6) is 5.75 Å². The number of benzene rings is 2. The topological polar surface area (TPSA) is 92.3 Å².